The minimum absolute atomic E-state index is 0.302. The zero-order valence-electron chi connectivity index (χ0n) is 10.9. The molecule has 2 nitrogen and oxygen atoms in total. The van der Waals surface area contributed by atoms with Gasteiger partial charge in [-0.05, 0) is 42.3 Å². The molecule has 0 amide bonds. The van der Waals surface area contributed by atoms with Crippen LogP contribution in [0.25, 0.3) is 11.1 Å². The second-order valence-electron chi connectivity index (χ2n) is 4.42. The van der Waals surface area contributed by atoms with E-state index in [2.05, 4.69) is 36.5 Å². The fraction of sp³-hybridized carbons (Fsp3) is 0.250. The molecule has 0 fully saturated rings. The monoisotopic (exact) mass is 241 g/mol. The van der Waals surface area contributed by atoms with Gasteiger partial charge in [-0.2, -0.15) is 0 Å². The molecule has 0 aliphatic carbocycles. The quantitative estimate of drug-likeness (QED) is 0.854. The van der Waals surface area contributed by atoms with E-state index in [0.717, 1.165) is 12.0 Å². The van der Waals surface area contributed by atoms with Crippen molar-refractivity contribution in [2.24, 2.45) is 0 Å². The standard InChI is InChI=1S/C16H19NO/c1-3-16(17-2)14-6-4-12(5-7-14)13-8-10-15(18)11-9-13/h4-11,16-18H,3H2,1-2H3. The first-order valence-corrected chi connectivity index (χ1v) is 6.31. The molecule has 2 aromatic carbocycles. The van der Waals surface area contributed by atoms with Crippen LogP contribution >= 0.6 is 0 Å². The lowest BCUT2D eigenvalue weighted by Crippen LogP contribution is -2.14. The predicted octanol–water partition coefficient (Wildman–Crippen LogP) is 3.73. The molecule has 0 spiro atoms. The highest BCUT2D eigenvalue weighted by atomic mass is 16.3. The number of rotatable bonds is 4. The summed E-state index contributed by atoms with van der Waals surface area (Å²) in [6.45, 7) is 2.18. The van der Waals surface area contributed by atoms with Gasteiger partial charge < -0.3 is 10.4 Å². The van der Waals surface area contributed by atoms with Crippen LogP contribution in [-0.2, 0) is 0 Å². The molecule has 1 unspecified atom stereocenters. The molecule has 0 radical (unpaired) electrons. The molecule has 0 aliphatic rings. The maximum absolute atomic E-state index is 9.28. The van der Waals surface area contributed by atoms with Gasteiger partial charge in [0, 0.05) is 6.04 Å². The van der Waals surface area contributed by atoms with Crippen LogP contribution in [0.5, 0.6) is 5.75 Å². The maximum atomic E-state index is 9.28. The summed E-state index contributed by atoms with van der Waals surface area (Å²) in [5, 5.41) is 12.6. The van der Waals surface area contributed by atoms with Crippen LogP contribution < -0.4 is 5.32 Å². The third-order valence-electron chi connectivity index (χ3n) is 3.27. The van der Waals surface area contributed by atoms with Crippen LogP contribution in [-0.4, -0.2) is 12.2 Å². The zero-order chi connectivity index (χ0) is 13.0. The number of aromatic hydroxyl groups is 1. The zero-order valence-corrected chi connectivity index (χ0v) is 10.9. The highest BCUT2D eigenvalue weighted by molar-refractivity contribution is 5.64. The van der Waals surface area contributed by atoms with Crippen molar-refractivity contribution in [1.82, 2.24) is 5.32 Å². The maximum Gasteiger partial charge on any atom is 0.115 e. The van der Waals surface area contributed by atoms with E-state index in [9.17, 15) is 5.11 Å². The molecule has 2 heteroatoms. The normalized spacial score (nSPS) is 12.3. The van der Waals surface area contributed by atoms with Gasteiger partial charge in [0.15, 0.2) is 0 Å². The fourth-order valence-corrected chi connectivity index (χ4v) is 2.17. The van der Waals surface area contributed by atoms with Crippen LogP contribution in [0.1, 0.15) is 24.9 Å². The van der Waals surface area contributed by atoms with Crippen molar-refractivity contribution in [3.63, 3.8) is 0 Å². The number of hydrogen-bond donors (Lipinski definition) is 2. The van der Waals surface area contributed by atoms with Crippen LogP contribution in [0.3, 0.4) is 0 Å². The minimum Gasteiger partial charge on any atom is -0.508 e. The summed E-state index contributed by atoms with van der Waals surface area (Å²) in [6, 6.07) is 16.3. The Kier molecular flexibility index (Phi) is 4.00. The Labute approximate surface area is 108 Å². The summed E-state index contributed by atoms with van der Waals surface area (Å²) in [7, 11) is 1.99. The van der Waals surface area contributed by atoms with E-state index in [1.165, 1.54) is 11.1 Å². The lowest BCUT2D eigenvalue weighted by Gasteiger charge is -2.14. The number of hydrogen-bond acceptors (Lipinski definition) is 2. The van der Waals surface area contributed by atoms with Crippen LogP contribution in [0, 0.1) is 0 Å². The first kappa shape index (κ1) is 12.7. The topological polar surface area (TPSA) is 32.3 Å². The van der Waals surface area contributed by atoms with Gasteiger partial charge in [-0.3, -0.25) is 0 Å². The van der Waals surface area contributed by atoms with E-state index in [1.807, 2.05) is 19.2 Å². The fourth-order valence-electron chi connectivity index (χ4n) is 2.17. The Balaban J connectivity index is 2.24. The molecular formula is C16H19NO. The van der Waals surface area contributed by atoms with Crippen molar-refractivity contribution in [2.75, 3.05) is 7.05 Å². The van der Waals surface area contributed by atoms with Gasteiger partial charge in [-0.25, -0.2) is 0 Å². The summed E-state index contributed by atoms with van der Waals surface area (Å²) in [6.07, 6.45) is 1.08. The largest absolute Gasteiger partial charge is 0.508 e. The Bertz CT molecular complexity index is 484. The van der Waals surface area contributed by atoms with E-state index in [4.69, 9.17) is 0 Å². The minimum atomic E-state index is 0.302. The van der Waals surface area contributed by atoms with E-state index in [-0.39, 0.29) is 0 Å². The Hall–Kier alpha value is -1.80. The molecule has 18 heavy (non-hydrogen) atoms. The van der Waals surface area contributed by atoms with E-state index in [1.54, 1.807) is 12.1 Å². The van der Waals surface area contributed by atoms with Gasteiger partial charge in [0.25, 0.3) is 0 Å². The van der Waals surface area contributed by atoms with Crippen molar-refractivity contribution in [2.45, 2.75) is 19.4 Å². The van der Waals surface area contributed by atoms with Crippen molar-refractivity contribution < 1.29 is 5.11 Å². The molecule has 2 rings (SSSR count). The SMILES string of the molecule is CCC(NC)c1ccc(-c2ccc(O)cc2)cc1. The van der Waals surface area contributed by atoms with Gasteiger partial charge in [0.2, 0.25) is 0 Å². The van der Waals surface area contributed by atoms with Gasteiger partial charge >= 0.3 is 0 Å². The summed E-state index contributed by atoms with van der Waals surface area (Å²) < 4.78 is 0. The lowest BCUT2D eigenvalue weighted by atomic mass is 9.99. The number of nitrogens with one attached hydrogen (secondary N) is 1. The lowest BCUT2D eigenvalue weighted by molar-refractivity contribution is 0.475. The van der Waals surface area contributed by atoms with E-state index in [0.29, 0.717) is 11.8 Å². The highest BCUT2D eigenvalue weighted by Gasteiger charge is 2.06. The molecule has 0 saturated heterocycles. The van der Waals surface area contributed by atoms with Gasteiger partial charge in [0.1, 0.15) is 5.75 Å². The second kappa shape index (κ2) is 5.69. The van der Waals surface area contributed by atoms with E-state index < -0.39 is 0 Å². The van der Waals surface area contributed by atoms with Crippen LogP contribution in [0.2, 0.25) is 0 Å². The summed E-state index contributed by atoms with van der Waals surface area (Å²) in [5.74, 6) is 0.302. The average Bonchev–Trinajstić information content (AvgIpc) is 2.42. The van der Waals surface area contributed by atoms with E-state index >= 15 is 0 Å². The molecule has 0 aliphatic heterocycles. The third kappa shape index (κ3) is 2.71. The molecule has 0 bridgehead atoms. The Morgan fingerprint density at radius 2 is 1.44 bits per heavy atom. The summed E-state index contributed by atoms with van der Waals surface area (Å²) >= 11 is 0. The second-order valence-corrected chi connectivity index (χ2v) is 4.42. The molecule has 1 atom stereocenters. The Morgan fingerprint density at radius 1 is 0.944 bits per heavy atom. The van der Waals surface area contributed by atoms with Crippen molar-refractivity contribution >= 4 is 0 Å². The molecule has 0 heterocycles. The highest BCUT2D eigenvalue weighted by Crippen LogP contribution is 2.24. The predicted molar refractivity (Wildman–Crippen MR) is 75.6 cm³/mol. The van der Waals surface area contributed by atoms with Gasteiger partial charge in [-0.15, -0.1) is 0 Å². The summed E-state index contributed by atoms with van der Waals surface area (Å²) in [4.78, 5) is 0. The van der Waals surface area contributed by atoms with Crippen LogP contribution in [0.4, 0.5) is 0 Å². The summed E-state index contributed by atoms with van der Waals surface area (Å²) in [5.41, 5.74) is 3.60. The molecule has 94 valence electrons. The molecule has 2 aromatic rings. The van der Waals surface area contributed by atoms with Crippen LogP contribution in [0.15, 0.2) is 48.5 Å². The third-order valence-corrected chi connectivity index (χ3v) is 3.27. The molecular weight excluding hydrogens is 222 g/mol. The first-order chi connectivity index (χ1) is 8.74. The molecule has 0 aromatic heterocycles. The Morgan fingerprint density at radius 3 is 1.89 bits per heavy atom. The average molecular weight is 241 g/mol. The number of phenolic OH excluding ortho intramolecular Hbond substituents is 1. The molecule has 0 saturated carbocycles. The van der Waals surface area contributed by atoms with Gasteiger partial charge in [-0.1, -0.05) is 43.3 Å². The van der Waals surface area contributed by atoms with Gasteiger partial charge in [0.05, 0.1) is 0 Å². The first-order valence-electron chi connectivity index (χ1n) is 6.31. The van der Waals surface area contributed by atoms with Crippen molar-refractivity contribution in [3.05, 3.63) is 54.1 Å². The van der Waals surface area contributed by atoms with Crippen molar-refractivity contribution in [1.29, 1.82) is 0 Å². The number of benzene rings is 2. The molecule has 2 N–H and O–H groups in total. The number of phenols is 1. The smallest absolute Gasteiger partial charge is 0.115 e. The van der Waals surface area contributed by atoms with Crippen molar-refractivity contribution in [3.8, 4) is 16.9 Å².